The number of aryl methyl sites for hydroxylation is 1. The molecule has 2 unspecified atom stereocenters. The molecule has 0 radical (unpaired) electrons. The summed E-state index contributed by atoms with van der Waals surface area (Å²) >= 11 is 5.80. The van der Waals surface area contributed by atoms with Crippen LogP contribution in [0.15, 0.2) is 12.3 Å². The number of nitrogens with one attached hydrogen (secondary N) is 1. The van der Waals surface area contributed by atoms with Crippen molar-refractivity contribution in [2.45, 2.75) is 33.2 Å². The van der Waals surface area contributed by atoms with E-state index in [-0.39, 0.29) is 11.8 Å². The summed E-state index contributed by atoms with van der Waals surface area (Å²) in [6.07, 6.45) is 2.39. The minimum atomic E-state index is -0.504. The fourth-order valence-electron chi connectivity index (χ4n) is 1.36. The number of pyridine rings is 1. The SMILES string of the molecule is CCC(C)C(N)C(=O)Nc1cnc(Cl)c(C)c1. The van der Waals surface area contributed by atoms with Gasteiger partial charge in [-0.15, -0.1) is 0 Å². The Morgan fingerprint density at radius 1 is 1.65 bits per heavy atom. The fraction of sp³-hybridized carbons (Fsp3) is 0.500. The van der Waals surface area contributed by atoms with Gasteiger partial charge in [-0.05, 0) is 24.5 Å². The number of anilines is 1. The molecular formula is C12H18ClN3O. The first-order valence-corrected chi connectivity index (χ1v) is 6.02. The monoisotopic (exact) mass is 255 g/mol. The van der Waals surface area contributed by atoms with Crippen molar-refractivity contribution in [1.82, 2.24) is 4.98 Å². The molecule has 5 heteroatoms. The molecule has 17 heavy (non-hydrogen) atoms. The number of hydrogen-bond donors (Lipinski definition) is 2. The Morgan fingerprint density at radius 2 is 2.29 bits per heavy atom. The lowest BCUT2D eigenvalue weighted by molar-refractivity contribution is -0.118. The van der Waals surface area contributed by atoms with Gasteiger partial charge in [0, 0.05) is 0 Å². The van der Waals surface area contributed by atoms with E-state index in [4.69, 9.17) is 17.3 Å². The van der Waals surface area contributed by atoms with Crippen molar-refractivity contribution >= 4 is 23.2 Å². The molecule has 0 aliphatic heterocycles. The molecule has 1 heterocycles. The number of nitrogens with zero attached hydrogens (tertiary/aromatic N) is 1. The Morgan fingerprint density at radius 3 is 2.82 bits per heavy atom. The molecule has 2 atom stereocenters. The highest BCUT2D eigenvalue weighted by atomic mass is 35.5. The summed E-state index contributed by atoms with van der Waals surface area (Å²) in [4.78, 5) is 15.8. The Balaban J connectivity index is 2.71. The van der Waals surface area contributed by atoms with E-state index in [9.17, 15) is 4.79 Å². The Labute approximate surface area is 107 Å². The standard InChI is InChI=1S/C12H18ClN3O/c1-4-7(2)10(14)12(17)16-9-5-8(3)11(13)15-6-9/h5-7,10H,4,14H2,1-3H3,(H,16,17). The number of hydrogen-bond acceptors (Lipinski definition) is 3. The van der Waals surface area contributed by atoms with Crippen LogP contribution in [-0.2, 0) is 4.79 Å². The van der Waals surface area contributed by atoms with Crippen LogP contribution in [0.2, 0.25) is 5.15 Å². The van der Waals surface area contributed by atoms with E-state index < -0.39 is 6.04 Å². The number of carbonyl (C=O) groups excluding carboxylic acids is 1. The smallest absolute Gasteiger partial charge is 0.241 e. The molecule has 94 valence electrons. The molecule has 0 saturated heterocycles. The zero-order chi connectivity index (χ0) is 13.0. The van der Waals surface area contributed by atoms with Crippen LogP contribution in [-0.4, -0.2) is 16.9 Å². The van der Waals surface area contributed by atoms with Gasteiger partial charge in [-0.2, -0.15) is 0 Å². The zero-order valence-corrected chi connectivity index (χ0v) is 11.1. The largest absolute Gasteiger partial charge is 0.323 e. The topological polar surface area (TPSA) is 68.0 Å². The molecule has 0 aliphatic rings. The molecule has 0 aliphatic carbocycles. The van der Waals surface area contributed by atoms with Crippen LogP contribution in [0, 0.1) is 12.8 Å². The van der Waals surface area contributed by atoms with Gasteiger partial charge < -0.3 is 11.1 Å². The van der Waals surface area contributed by atoms with Crippen molar-refractivity contribution in [3.05, 3.63) is 23.0 Å². The van der Waals surface area contributed by atoms with Crippen LogP contribution in [0.3, 0.4) is 0 Å². The van der Waals surface area contributed by atoms with Gasteiger partial charge in [-0.1, -0.05) is 31.9 Å². The molecule has 0 bridgehead atoms. The highest BCUT2D eigenvalue weighted by Gasteiger charge is 2.19. The third kappa shape index (κ3) is 3.68. The van der Waals surface area contributed by atoms with Crippen LogP contribution in [0.5, 0.6) is 0 Å². The van der Waals surface area contributed by atoms with Crippen LogP contribution in [0.1, 0.15) is 25.8 Å². The summed E-state index contributed by atoms with van der Waals surface area (Å²) in [5.41, 5.74) is 7.27. The van der Waals surface area contributed by atoms with Crippen molar-refractivity contribution in [3.63, 3.8) is 0 Å². The van der Waals surface area contributed by atoms with E-state index in [1.165, 1.54) is 6.20 Å². The number of aromatic nitrogens is 1. The van der Waals surface area contributed by atoms with Crippen LogP contribution in [0.4, 0.5) is 5.69 Å². The summed E-state index contributed by atoms with van der Waals surface area (Å²) in [5, 5.41) is 3.18. The fourth-order valence-corrected chi connectivity index (χ4v) is 1.47. The van der Waals surface area contributed by atoms with E-state index >= 15 is 0 Å². The predicted molar refractivity (Wildman–Crippen MR) is 70.0 cm³/mol. The van der Waals surface area contributed by atoms with E-state index in [1.54, 1.807) is 6.07 Å². The predicted octanol–water partition coefficient (Wildman–Crippen LogP) is 2.36. The van der Waals surface area contributed by atoms with E-state index in [2.05, 4.69) is 10.3 Å². The average molecular weight is 256 g/mol. The number of nitrogens with two attached hydrogens (primary N) is 1. The first kappa shape index (κ1) is 13.9. The molecule has 1 aromatic rings. The number of carbonyl (C=O) groups is 1. The van der Waals surface area contributed by atoms with Crippen LogP contribution in [0.25, 0.3) is 0 Å². The van der Waals surface area contributed by atoms with Crippen molar-refractivity contribution in [2.24, 2.45) is 11.7 Å². The summed E-state index contributed by atoms with van der Waals surface area (Å²) in [5.74, 6) is -0.0424. The first-order valence-electron chi connectivity index (χ1n) is 5.64. The first-order chi connectivity index (χ1) is 7.95. The van der Waals surface area contributed by atoms with Gasteiger partial charge in [-0.25, -0.2) is 4.98 Å². The van der Waals surface area contributed by atoms with E-state index in [0.717, 1.165) is 12.0 Å². The third-order valence-electron chi connectivity index (χ3n) is 2.84. The minimum Gasteiger partial charge on any atom is -0.323 e. The maximum atomic E-state index is 11.8. The van der Waals surface area contributed by atoms with Crippen molar-refractivity contribution in [2.75, 3.05) is 5.32 Å². The quantitative estimate of drug-likeness (QED) is 0.812. The Bertz CT molecular complexity index is 409. The molecule has 3 N–H and O–H groups in total. The van der Waals surface area contributed by atoms with Gasteiger partial charge in [0.2, 0.25) is 5.91 Å². The second-order valence-corrected chi connectivity index (χ2v) is 4.59. The van der Waals surface area contributed by atoms with Gasteiger partial charge in [0.1, 0.15) is 5.15 Å². The maximum absolute atomic E-state index is 11.8. The number of halogens is 1. The number of rotatable bonds is 4. The van der Waals surface area contributed by atoms with Gasteiger partial charge in [0.05, 0.1) is 17.9 Å². The summed E-state index contributed by atoms with van der Waals surface area (Å²) < 4.78 is 0. The molecular weight excluding hydrogens is 238 g/mol. The van der Waals surface area contributed by atoms with Crippen molar-refractivity contribution in [3.8, 4) is 0 Å². The molecule has 1 aromatic heterocycles. The molecule has 0 fully saturated rings. The second-order valence-electron chi connectivity index (χ2n) is 4.23. The third-order valence-corrected chi connectivity index (χ3v) is 3.24. The average Bonchev–Trinajstić information content (AvgIpc) is 2.31. The highest BCUT2D eigenvalue weighted by Crippen LogP contribution is 2.16. The van der Waals surface area contributed by atoms with Gasteiger partial charge in [-0.3, -0.25) is 4.79 Å². The van der Waals surface area contributed by atoms with Gasteiger partial charge >= 0.3 is 0 Å². The lowest BCUT2D eigenvalue weighted by Crippen LogP contribution is -2.40. The van der Waals surface area contributed by atoms with Crippen LogP contribution >= 0.6 is 11.6 Å². The lowest BCUT2D eigenvalue weighted by atomic mass is 9.99. The van der Waals surface area contributed by atoms with Crippen molar-refractivity contribution < 1.29 is 4.79 Å². The highest BCUT2D eigenvalue weighted by molar-refractivity contribution is 6.30. The summed E-state index contributed by atoms with van der Waals surface area (Å²) in [6.45, 7) is 5.79. The molecule has 0 saturated carbocycles. The normalized spacial score (nSPS) is 14.2. The Kier molecular flexibility index (Phi) is 4.90. The maximum Gasteiger partial charge on any atom is 0.241 e. The molecule has 4 nitrogen and oxygen atoms in total. The minimum absolute atomic E-state index is 0.149. The van der Waals surface area contributed by atoms with Gasteiger partial charge in [0.15, 0.2) is 0 Å². The summed E-state index contributed by atoms with van der Waals surface area (Å²) in [7, 11) is 0. The molecule has 0 spiro atoms. The van der Waals surface area contributed by atoms with E-state index in [1.807, 2.05) is 20.8 Å². The molecule has 1 amide bonds. The Hall–Kier alpha value is -1.13. The second kappa shape index (κ2) is 5.98. The summed E-state index contributed by atoms with van der Waals surface area (Å²) in [6, 6.07) is 1.27. The molecule has 0 aromatic carbocycles. The lowest BCUT2D eigenvalue weighted by Gasteiger charge is -2.17. The zero-order valence-electron chi connectivity index (χ0n) is 10.3. The van der Waals surface area contributed by atoms with E-state index in [0.29, 0.717) is 10.8 Å². The molecule has 1 rings (SSSR count). The van der Waals surface area contributed by atoms with Crippen LogP contribution < -0.4 is 11.1 Å². The number of amides is 1. The van der Waals surface area contributed by atoms with Crippen molar-refractivity contribution in [1.29, 1.82) is 0 Å². The van der Waals surface area contributed by atoms with Gasteiger partial charge in [0.25, 0.3) is 0 Å².